The van der Waals surface area contributed by atoms with Crippen molar-refractivity contribution in [2.24, 2.45) is 0 Å². The van der Waals surface area contributed by atoms with Crippen LogP contribution in [0.3, 0.4) is 0 Å². The molecule has 2 heterocycles. The Bertz CT molecular complexity index is 728. The minimum absolute atomic E-state index is 0.0357. The number of carbonyl (C=O) groups excluding carboxylic acids is 2. The Morgan fingerprint density at radius 1 is 1.27 bits per heavy atom. The minimum atomic E-state index is -0.883. The number of hydrogen-bond donors (Lipinski definition) is 1. The Morgan fingerprint density at radius 2 is 1.96 bits per heavy atom. The summed E-state index contributed by atoms with van der Waals surface area (Å²) in [5, 5.41) is 10.2. The van der Waals surface area contributed by atoms with Gasteiger partial charge in [-0.25, -0.2) is 4.39 Å². The van der Waals surface area contributed by atoms with Gasteiger partial charge in [-0.2, -0.15) is 0 Å². The molecule has 1 atom stereocenters. The smallest absolute Gasteiger partial charge is 0.290 e. The number of halogens is 1. The predicted octanol–water partition coefficient (Wildman–Crippen LogP) is 1.83. The van der Waals surface area contributed by atoms with Crippen LogP contribution >= 0.6 is 0 Å². The highest BCUT2D eigenvalue weighted by atomic mass is 19.1. The summed E-state index contributed by atoms with van der Waals surface area (Å²) in [6, 6.07) is 5.16. The van der Waals surface area contributed by atoms with E-state index in [-0.39, 0.29) is 11.1 Å². The van der Waals surface area contributed by atoms with E-state index in [1.165, 1.54) is 17.9 Å². The van der Waals surface area contributed by atoms with E-state index in [0.717, 1.165) is 19.6 Å². The fraction of sp³-hybridized carbons (Fsp3) is 0.474. The maximum Gasteiger partial charge on any atom is 0.290 e. The van der Waals surface area contributed by atoms with E-state index in [1.54, 1.807) is 18.2 Å². The van der Waals surface area contributed by atoms with Gasteiger partial charge in [-0.1, -0.05) is 18.2 Å². The fourth-order valence-electron chi connectivity index (χ4n) is 3.55. The molecule has 3 rings (SSSR count). The Hall–Kier alpha value is -2.25. The fourth-order valence-corrected chi connectivity index (χ4v) is 3.55. The number of amides is 1. The summed E-state index contributed by atoms with van der Waals surface area (Å²) in [7, 11) is 0. The van der Waals surface area contributed by atoms with Gasteiger partial charge in [-0.3, -0.25) is 14.5 Å². The number of hydrogen-bond acceptors (Lipinski definition) is 5. The van der Waals surface area contributed by atoms with Crippen LogP contribution in [0.15, 0.2) is 35.6 Å². The number of aliphatic hydroxyl groups is 1. The van der Waals surface area contributed by atoms with Crippen LogP contribution in [0.25, 0.3) is 0 Å². The normalized spacial score (nSPS) is 21.5. The summed E-state index contributed by atoms with van der Waals surface area (Å²) in [5.74, 6) is -2.13. The number of nitrogens with zero attached hydrogens (tertiary/aromatic N) is 2. The average molecular weight is 362 g/mol. The van der Waals surface area contributed by atoms with Gasteiger partial charge < -0.3 is 14.7 Å². The van der Waals surface area contributed by atoms with E-state index >= 15 is 0 Å². The zero-order chi connectivity index (χ0) is 18.7. The van der Waals surface area contributed by atoms with Crippen molar-refractivity contribution in [2.45, 2.75) is 19.4 Å². The number of morpholine rings is 1. The molecule has 1 fully saturated rings. The molecule has 0 aliphatic carbocycles. The lowest BCUT2D eigenvalue weighted by molar-refractivity contribution is -0.129. The van der Waals surface area contributed by atoms with E-state index < -0.39 is 29.3 Å². The Labute approximate surface area is 151 Å². The Morgan fingerprint density at radius 3 is 2.62 bits per heavy atom. The van der Waals surface area contributed by atoms with Crippen LogP contribution in [-0.2, 0) is 14.3 Å². The minimum Gasteiger partial charge on any atom is -0.503 e. The Kier molecular flexibility index (Phi) is 5.68. The number of Topliss-reactive ketones (excluding diaryl/α,β-unsaturated/α-hetero) is 1. The number of rotatable bonds is 6. The molecule has 1 amide bonds. The lowest BCUT2D eigenvalue weighted by Gasteiger charge is -2.30. The predicted molar refractivity (Wildman–Crippen MR) is 93.1 cm³/mol. The molecule has 2 aliphatic heterocycles. The molecule has 0 saturated carbocycles. The largest absolute Gasteiger partial charge is 0.503 e. The Balaban J connectivity index is 1.79. The molecular formula is C19H23FN2O4. The van der Waals surface area contributed by atoms with E-state index in [4.69, 9.17) is 4.74 Å². The maximum atomic E-state index is 14.3. The molecule has 1 aromatic rings. The lowest BCUT2D eigenvalue weighted by atomic mass is 9.96. The van der Waals surface area contributed by atoms with Crippen molar-refractivity contribution >= 4 is 11.7 Å². The van der Waals surface area contributed by atoms with Crippen LogP contribution in [0.1, 0.15) is 24.9 Å². The van der Waals surface area contributed by atoms with Crippen LogP contribution in [0.4, 0.5) is 4.39 Å². The second-order valence-electron chi connectivity index (χ2n) is 6.55. The molecule has 0 radical (unpaired) electrons. The topological polar surface area (TPSA) is 70.1 Å². The van der Waals surface area contributed by atoms with Crippen LogP contribution in [-0.4, -0.2) is 66.0 Å². The number of benzene rings is 1. The first-order valence-electron chi connectivity index (χ1n) is 8.80. The highest BCUT2D eigenvalue weighted by Gasteiger charge is 2.43. The molecular weight excluding hydrogens is 339 g/mol. The molecule has 0 spiro atoms. The van der Waals surface area contributed by atoms with Crippen molar-refractivity contribution in [1.82, 2.24) is 9.80 Å². The van der Waals surface area contributed by atoms with E-state index in [2.05, 4.69) is 4.90 Å². The summed E-state index contributed by atoms with van der Waals surface area (Å²) < 4.78 is 19.7. The molecule has 7 heteroatoms. The summed E-state index contributed by atoms with van der Waals surface area (Å²) in [4.78, 5) is 28.2. The highest BCUT2D eigenvalue weighted by Crippen LogP contribution is 2.38. The molecule has 1 aromatic carbocycles. The van der Waals surface area contributed by atoms with Gasteiger partial charge in [0.15, 0.2) is 11.5 Å². The van der Waals surface area contributed by atoms with Gasteiger partial charge in [-0.05, 0) is 19.4 Å². The molecule has 6 nitrogen and oxygen atoms in total. The van der Waals surface area contributed by atoms with E-state index in [1.807, 2.05) is 0 Å². The third-order valence-corrected chi connectivity index (χ3v) is 4.86. The standard InChI is InChI=1S/C19H23FN2O4/c1-13(23)16-17(14-5-2-3-6-15(14)20)22(19(25)18(16)24)8-4-7-21-9-11-26-12-10-21/h2-3,5-6,17,24H,4,7-12H2,1H3. The second-order valence-corrected chi connectivity index (χ2v) is 6.55. The van der Waals surface area contributed by atoms with Crippen LogP contribution in [0.5, 0.6) is 0 Å². The number of ether oxygens (including phenoxy) is 1. The van der Waals surface area contributed by atoms with Gasteiger partial charge in [-0.15, -0.1) is 0 Å². The first kappa shape index (κ1) is 18.5. The van der Waals surface area contributed by atoms with Gasteiger partial charge in [0.05, 0.1) is 24.8 Å². The maximum absolute atomic E-state index is 14.3. The zero-order valence-electron chi connectivity index (χ0n) is 14.8. The first-order chi connectivity index (χ1) is 12.5. The zero-order valence-corrected chi connectivity index (χ0v) is 14.8. The summed E-state index contributed by atoms with van der Waals surface area (Å²) in [5.41, 5.74) is 0.188. The van der Waals surface area contributed by atoms with Crippen LogP contribution < -0.4 is 0 Å². The average Bonchev–Trinajstić information content (AvgIpc) is 2.88. The quantitative estimate of drug-likeness (QED) is 0.836. The van der Waals surface area contributed by atoms with Crippen molar-refractivity contribution in [1.29, 1.82) is 0 Å². The van der Waals surface area contributed by atoms with Crippen molar-refractivity contribution < 1.29 is 23.8 Å². The third kappa shape index (κ3) is 3.64. The molecule has 0 bridgehead atoms. The molecule has 26 heavy (non-hydrogen) atoms. The SMILES string of the molecule is CC(=O)C1=C(O)C(=O)N(CCCN2CCOCC2)C1c1ccccc1F. The highest BCUT2D eigenvalue weighted by molar-refractivity contribution is 6.08. The first-order valence-corrected chi connectivity index (χ1v) is 8.80. The number of carbonyl (C=O) groups is 2. The van der Waals surface area contributed by atoms with Gasteiger partial charge in [0.25, 0.3) is 5.91 Å². The van der Waals surface area contributed by atoms with Crippen molar-refractivity contribution in [2.75, 3.05) is 39.4 Å². The molecule has 1 saturated heterocycles. The molecule has 2 aliphatic rings. The van der Waals surface area contributed by atoms with E-state index in [0.29, 0.717) is 26.2 Å². The summed E-state index contributed by atoms with van der Waals surface area (Å²) in [6.45, 7) is 5.45. The van der Waals surface area contributed by atoms with Crippen molar-refractivity contribution in [3.8, 4) is 0 Å². The molecule has 1 N–H and O–H groups in total. The lowest BCUT2D eigenvalue weighted by Crippen LogP contribution is -2.39. The van der Waals surface area contributed by atoms with Gasteiger partial charge in [0.1, 0.15) is 5.82 Å². The van der Waals surface area contributed by atoms with Gasteiger partial charge in [0, 0.05) is 31.7 Å². The molecule has 1 unspecified atom stereocenters. The van der Waals surface area contributed by atoms with Crippen molar-refractivity contribution in [3.05, 3.63) is 47.0 Å². The molecule has 140 valence electrons. The monoisotopic (exact) mass is 362 g/mol. The van der Waals surface area contributed by atoms with Gasteiger partial charge in [0.2, 0.25) is 0 Å². The van der Waals surface area contributed by atoms with E-state index in [9.17, 15) is 19.1 Å². The van der Waals surface area contributed by atoms with Crippen molar-refractivity contribution in [3.63, 3.8) is 0 Å². The number of aliphatic hydroxyl groups excluding tert-OH is 1. The van der Waals surface area contributed by atoms with Crippen LogP contribution in [0.2, 0.25) is 0 Å². The summed E-state index contributed by atoms with van der Waals surface area (Å²) >= 11 is 0. The second kappa shape index (κ2) is 7.97. The van der Waals surface area contributed by atoms with Crippen LogP contribution in [0, 0.1) is 5.82 Å². The summed E-state index contributed by atoms with van der Waals surface area (Å²) in [6.07, 6.45) is 0.662. The molecule has 0 aromatic heterocycles. The van der Waals surface area contributed by atoms with Gasteiger partial charge >= 0.3 is 0 Å². The number of ketones is 1. The third-order valence-electron chi connectivity index (χ3n) is 4.86.